The van der Waals surface area contributed by atoms with E-state index in [4.69, 9.17) is 0 Å². The molecule has 5 nitrogen and oxygen atoms in total. The highest BCUT2D eigenvalue weighted by Gasteiger charge is 2.40. The Morgan fingerprint density at radius 2 is 1.88 bits per heavy atom. The molecule has 0 heterocycles. The molecule has 2 saturated carbocycles. The van der Waals surface area contributed by atoms with Crippen LogP contribution in [0.3, 0.4) is 0 Å². The number of carbonyl (C=O) groups is 1. The third-order valence-electron chi connectivity index (χ3n) is 5.62. The van der Waals surface area contributed by atoms with Crippen molar-refractivity contribution >= 4 is 21.6 Å². The van der Waals surface area contributed by atoms with E-state index in [0.29, 0.717) is 17.5 Å². The van der Waals surface area contributed by atoms with E-state index in [1.165, 1.54) is 23.6 Å². The second-order valence-electron chi connectivity index (χ2n) is 7.86. The average molecular weight is 365 g/mol. The molecule has 3 rings (SSSR count). The van der Waals surface area contributed by atoms with Crippen LogP contribution in [0.15, 0.2) is 24.3 Å². The Morgan fingerprint density at radius 3 is 2.36 bits per heavy atom. The first-order valence-corrected chi connectivity index (χ1v) is 11.0. The summed E-state index contributed by atoms with van der Waals surface area (Å²) in [6, 6.07) is 7.62. The highest BCUT2D eigenvalue weighted by atomic mass is 32.2. The molecule has 0 spiro atoms. The van der Waals surface area contributed by atoms with Gasteiger partial charge in [0.1, 0.15) is 6.54 Å². The van der Waals surface area contributed by atoms with Gasteiger partial charge in [-0.15, -0.1) is 0 Å². The number of nitrogens with zero attached hydrogens (tertiary/aromatic N) is 1. The van der Waals surface area contributed by atoms with Crippen molar-refractivity contribution in [1.29, 1.82) is 0 Å². The zero-order valence-corrected chi connectivity index (χ0v) is 16.1. The number of sulfonamides is 1. The number of nitrogens with one attached hydrogen (secondary N) is 1. The summed E-state index contributed by atoms with van der Waals surface area (Å²) in [4.78, 5) is 12.5. The highest BCUT2D eigenvalue weighted by molar-refractivity contribution is 7.92. The Kier molecular flexibility index (Phi) is 5.09. The summed E-state index contributed by atoms with van der Waals surface area (Å²) in [5, 5.41) is 3.07. The highest BCUT2D eigenvalue weighted by Crippen LogP contribution is 2.44. The standard InChI is InChI=1S/C19H28N2O3S/c1-13(2)15-6-8-17(9-7-15)21(25(3,23)24)12-19(22)20-18-11-14-4-5-16(18)10-14/h6-9,13-14,16,18H,4-5,10-12H2,1-3H3,(H,20,22)/t14-,16-,18-/m1/s1. The van der Waals surface area contributed by atoms with Gasteiger partial charge < -0.3 is 5.32 Å². The molecule has 0 radical (unpaired) electrons. The molecule has 1 N–H and O–H groups in total. The Morgan fingerprint density at radius 1 is 1.20 bits per heavy atom. The van der Waals surface area contributed by atoms with E-state index in [1.54, 1.807) is 12.1 Å². The lowest BCUT2D eigenvalue weighted by Crippen LogP contribution is -2.45. The maximum absolute atomic E-state index is 12.5. The molecule has 2 bridgehead atoms. The Hall–Kier alpha value is -1.56. The second-order valence-corrected chi connectivity index (χ2v) is 9.77. The van der Waals surface area contributed by atoms with Gasteiger partial charge in [-0.05, 0) is 54.7 Å². The number of amides is 1. The summed E-state index contributed by atoms with van der Waals surface area (Å²) in [5.74, 6) is 1.48. The number of hydrogen-bond donors (Lipinski definition) is 1. The molecule has 2 fully saturated rings. The summed E-state index contributed by atoms with van der Waals surface area (Å²) >= 11 is 0. The number of carbonyl (C=O) groups excluding carboxylic acids is 1. The van der Waals surface area contributed by atoms with Gasteiger partial charge in [-0.1, -0.05) is 32.4 Å². The molecule has 0 unspecified atom stereocenters. The normalized spacial score (nSPS) is 25.4. The van der Waals surface area contributed by atoms with E-state index in [2.05, 4.69) is 19.2 Å². The van der Waals surface area contributed by atoms with Crippen LogP contribution in [-0.4, -0.2) is 33.2 Å². The van der Waals surface area contributed by atoms with E-state index in [0.717, 1.165) is 24.2 Å². The van der Waals surface area contributed by atoms with Gasteiger partial charge >= 0.3 is 0 Å². The molecular weight excluding hydrogens is 336 g/mol. The Balaban J connectivity index is 1.69. The fourth-order valence-electron chi connectivity index (χ4n) is 4.23. The van der Waals surface area contributed by atoms with E-state index in [9.17, 15) is 13.2 Å². The van der Waals surface area contributed by atoms with Crippen molar-refractivity contribution in [3.8, 4) is 0 Å². The van der Waals surface area contributed by atoms with Gasteiger partial charge in [0.15, 0.2) is 0 Å². The monoisotopic (exact) mass is 364 g/mol. The Labute approximate surface area is 150 Å². The van der Waals surface area contributed by atoms with Crippen molar-refractivity contribution in [3.05, 3.63) is 29.8 Å². The minimum atomic E-state index is -3.52. The first-order valence-electron chi connectivity index (χ1n) is 9.11. The zero-order chi connectivity index (χ0) is 18.2. The van der Waals surface area contributed by atoms with Crippen LogP contribution in [0.5, 0.6) is 0 Å². The van der Waals surface area contributed by atoms with Gasteiger partial charge in [0.25, 0.3) is 0 Å². The molecule has 1 amide bonds. The van der Waals surface area contributed by atoms with Crippen LogP contribution >= 0.6 is 0 Å². The molecule has 1 aromatic rings. The van der Waals surface area contributed by atoms with E-state index >= 15 is 0 Å². The van der Waals surface area contributed by atoms with E-state index in [1.807, 2.05) is 12.1 Å². The molecule has 0 saturated heterocycles. The van der Waals surface area contributed by atoms with Gasteiger partial charge in [0.2, 0.25) is 15.9 Å². The summed E-state index contributed by atoms with van der Waals surface area (Å²) in [7, 11) is -3.52. The predicted octanol–water partition coefficient (Wildman–Crippen LogP) is 2.88. The first kappa shape index (κ1) is 18.2. The molecule has 3 atom stereocenters. The molecule has 0 aliphatic heterocycles. The quantitative estimate of drug-likeness (QED) is 0.844. The third kappa shape index (κ3) is 4.17. The third-order valence-corrected chi connectivity index (χ3v) is 6.76. The smallest absolute Gasteiger partial charge is 0.241 e. The predicted molar refractivity (Wildman–Crippen MR) is 100 cm³/mol. The molecular formula is C19H28N2O3S. The van der Waals surface area contributed by atoms with E-state index in [-0.39, 0.29) is 18.5 Å². The average Bonchev–Trinajstić information content (AvgIpc) is 3.14. The molecule has 1 aromatic carbocycles. The summed E-state index contributed by atoms with van der Waals surface area (Å²) < 4.78 is 25.6. The van der Waals surface area contributed by atoms with Crippen molar-refractivity contribution < 1.29 is 13.2 Å². The van der Waals surface area contributed by atoms with Crippen LogP contribution in [0.25, 0.3) is 0 Å². The molecule has 2 aliphatic rings. The molecule has 25 heavy (non-hydrogen) atoms. The topological polar surface area (TPSA) is 66.5 Å². The summed E-state index contributed by atoms with van der Waals surface area (Å²) in [6.45, 7) is 4.02. The second kappa shape index (κ2) is 6.98. The van der Waals surface area contributed by atoms with Crippen molar-refractivity contribution in [3.63, 3.8) is 0 Å². The molecule has 6 heteroatoms. The van der Waals surface area contributed by atoms with Gasteiger partial charge in [0.05, 0.1) is 11.9 Å². The van der Waals surface area contributed by atoms with Crippen molar-refractivity contribution in [1.82, 2.24) is 5.32 Å². The summed E-state index contributed by atoms with van der Waals surface area (Å²) in [5.41, 5.74) is 1.68. The molecule has 0 aromatic heterocycles. The maximum atomic E-state index is 12.5. The van der Waals surface area contributed by atoms with Crippen molar-refractivity contribution in [2.75, 3.05) is 17.1 Å². The van der Waals surface area contributed by atoms with Gasteiger partial charge in [-0.25, -0.2) is 8.42 Å². The fourth-order valence-corrected chi connectivity index (χ4v) is 5.09. The lowest BCUT2D eigenvalue weighted by molar-refractivity contribution is -0.120. The van der Waals surface area contributed by atoms with Crippen molar-refractivity contribution in [2.45, 2.75) is 51.5 Å². The van der Waals surface area contributed by atoms with Crippen molar-refractivity contribution in [2.24, 2.45) is 11.8 Å². The minimum Gasteiger partial charge on any atom is -0.352 e. The largest absolute Gasteiger partial charge is 0.352 e. The Bertz CT molecular complexity index is 728. The zero-order valence-electron chi connectivity index (χ0n) is 15.2. The fraction of sp³-hybridized carbons (Fsp3) is 0.632. The van der Waals surface area contributed by atoms with Gasteiger partial charge in [0, 0.05) is 6.04 Å². The molecule has 2 aliphatic carbocycles. The SMILES string of the molecule is CC(C)c1ccc(N(CC(=O)N[C@@H]2C[C@@H]3CC[C@@H]2C3)S(C)(=O)=O)cc1. The van der Waals surface area contributed by atoms with Crippen LogP contribution in [0.1, 0.15) is 51.0 Å². The van der Waals surface area contributed by atoms with Crippen LogP contribution in [0, 0.1) is 11.8 Å². The lowest BCUT2D eigenvalue weighted by Gasteiger charge is -2.26. The number of fused-ring (bicyclic) bond motifs is 2. The number of rotatable bonds is 6. The molecule has 138 valence electrons. The minimum absolute atomic E-state index is 0.159. The van der Waals surface area contributed by atoms with Gasteiger partial charge in [-0.3, -0.25) is 9.10 Å². The summed E-state index contributed by atoms with van der Waals surface area (Å²) in [6.07, 6.45) is 5.85. The lowest BCUT2D eigenvalue weighted by atomic mass is 9.95. The van der Waals surface area contributed by atoms with Crippen LogP contribution < -0.4 is 9.62 Å². The number of anilines is 1. The van der Waals surface area contributed by atoms with Crippen LogP contribution in [0.4, 0.5) is 5.69 Å². The van der Waals surface area contributed by atoms with Crippen LogP contribution in [0.2, 0.25) is 0 Å². The van der Waals surface area contributed by atoms with Crippen LogP contribution in [-0.2, 0) is 14.8 Å². The number of benzene rings is 1. The maximum Gasteiger partial charge on any atom is 0.241 e. The first-order chi connectivity index (χ1) is 11.7. The van der Waals surface area contributed by atoms with E-state index < -0.39 is 10.0 Å². The van der Waals surface area contributed by atoms with Gasteiger partial charge in [-0.2, -0.15) is 0 Å². The number of hydrogen-bond acceptors (Lipinski definition) is 3.